The normalized spacial score (nSPS) is 11.7. The first-order valence-corrected chi connectivity index (χ1v) is 9.53. The minimum absolute atomic E-state index is 0.104. The van der Waals surface area contributed by atoms with Crippen LogP contribution in [0.25, 0.3) is 0 Å². The van der Waals surface area contributed by atoms with Crippen LogP contribution in [-0.4, -0.2) is 133 Å². The third-order valence-corrected chi connectivity index (χ3v) is 4.52. The maximum atomic E-state index is 10.7. The molecule has 164 valence electrons. The summed E-state index contributed by atoms with van der Waals surface area (Å²) in [4.78, 5) is 40.2. The molecule has 10 nitrogen and oxygen atoms in total. The van der Waals surface area contributed by atoms with Gasteiger partial charge in [-0.25, -0.2) is 0 Å². The Hall–Kier alpha value is -1.75. The fourth-order valence-electron chi connectivity index (χ4n) is 2.47. The fraction of sp³-hybridized carbons (Fsp3) is 0.833. The lowest BCUT2D eigenvalue weighted by molar-refractivity contribution is -0.138. The van der Waals surface area contributed by atoms with E-state index >= 15 is 0 Å². The number of carboxylic acids is 3. The molecule has 0 rings (SSSR count). The number of hydrogen-bond donors (Lipinski definition) is 3. The van der Waals surface area contributed by atoms with E-state index in [-0.39, 0.29) is 19.3 Å². The van der Waals surface area contributed by atoms with Gasteiger partial charge in [-0.3, -0.25) is 19.3 Å². The first-order valence-electron chi connectivity index (χ1n) is 9.53. The highest BCUT2D eigenvalue weighted by molar-refractivity contribution is 5.67. The Morgan fingerprint density at radius 1 is 0.500 bits per heavy atom. The zero-order valence-electron chi connectivity index (χ0n) is 17.3. The lowest BCUT2D eigenvalue weighted by Gasteiger charge is -2.29. The van der Waals surface area contributed by atoms with Crippen molar-refractivity contribution in [3.05, 3.63) is 0 Å². The SMILES string of the molecule is CN(CCC(=O)O)CCN(CCN(C)CCC(=O)O)CCN(C)CCC(=O)O. The van der Waals surface area contributed by atoms with E-state index in [1.54, 1.807) is 0 Å². The van der Waals surface area contributed by atoms with Crippen LogP contribution in [0.1, 0.15) is 19.3 Å². The molecule has 0 aliphatic carbocycles. The van der Waals surface area contributed by atoms with Gasteiger partial charge in [-0.05, 0) is 21.1 Å². The second kappa shape index (κ2) is 15.2. The Morgan fingerprint density at radius 2 is 0.750 bits per heavy atom. The van der Waals surface area contributed by atoms with Gasteiger partial charge >= 0.3 is 17.9 Å². The molecule has 0 aliphatic rings. The van der Waals surface area contributed by atoms with E-state index in [9.17, 15) is 14.4 Å². The van der Waals surface area contributed by atoms with Crippen molar-refractivity contribution < 1.29 is 29.7 Å². The van der Waals surface area contributed by atoms with Gasteiger partial charge in [0.1, 0.15) is 0 Å². The van der Waals surface area contributed by atoms with Crippen molar-refractivity contribution >= 4 is 17.9 Å². The summed E-state index contributed by atoms with van der Waals surface area (Å²) in [5.41, 5.74) is 0. The monoisotopic (exact) mass is 404 g/mol. The molecule has 10 heteroatoms. The average Bonchev–Trinajstić information content (AvgIpc) is 2.62. The van der Waals surface area contributed by atoms with Crippen LogP contribution in [0.2, 0.25) is 0 Å². The van der Waals surface area contributed by atoms with Gasteiger partial charge in [-0.2, -0.15) is 0 Å². The van der Waals surface area contributed by atoms with Crippen LogP contribution in [0.3, 0.4) is 0 Å². The predicted molar refractivity (Wildman–Crippen MR) is 106 cm³/mol. The quantitative estimate of drug-likeness (QED) is 0.275. The Labute approximate surface area is 167 Å². The van der Waals surface area contributed by atoms with Gasteiger partial charge in [0.05, 0.1) is 19.3 Å². The van der Waals surface area contributed by atoms with Gasteiger partial charge in [-0.1, -0.05) is 0 Å². The number of likely N-dealkylation sites (N-methyl/N-ethyl adjacent to an activating group) is 3. The van der Waals surface area contributed by atoms with Crippen molar-refractivity contribution in [3.63, 3.8) is 0 Å². The number of carboxylic acid groups (broad SMARTS) is 3. The van der Waals surface area contributed by atoms with Crippen molar-refractivity contribution in [2.45, 2.75) is 19.3 Å². The average molecular weight is 405 g/mol. The molecule has 0 atom stereocenters. The fourth-order valence-corrected chi connectivity index (χ4v) is 2.47. The minimum Gasteiger partial charge on any atom is -0.481 e. The summed E-state index contributed by atoms with van der Waals surface area (Å²) >= 11 is 0. The molecular formula is C18H36N4O6. The smallest absolute Gasteiger partial charge is 0.304 e. The number of nitrogens with zero attached hydrogens (tertiary/aromatic N) is 4. The largest absolute Gasteiger partial charge is 0.481 e. The van der Waals surface area contributed by atoms with E-state index < -0.39 is 17.9 Å². The number of carbonyl (C=O) groups is 3. The van der Waals surface area contributed by atoms with Gasteiger partial charge in [0.15, 0.2) is 0 Å². The molecule has 0 saturated carbocycles. The highest BCUT2D eigenvalue weighted by atomic mass is 16.4. The molecule has 0 heterocycles. The van der Waals surface area contributed by atoms with Crippen LogP contribution in [0, 0.1) is 0 Å². The molecular weight excluding hydrogens is 368 g/mol. The Bertz CT molecular complexity index is 410. The van der Waals surface area contributed by atoms with Crippen LogP contribution in [0.15, 0.2) is 0 Å². The molecule has 0 spiro atoms. The van der Waals surface area contributed by atoms with E-state index in [4.69, 9.17) is 15.3 Å². The van der Waals surface area contributed by atoms with Crippen molar-refractivity contribution in [3.8, 4) is 0 Å². The van der Waals surface area contributed by atoms with E-state index in [2.05, 4.69) is 4.90 Å². The summed E-state index contributed by atoms with van der Waals surface area (Å²) in [5.74, 6) is -2.45. The standard InChI is InChI=1S/C18H36N4O6/c1-19(7-4-16(23)24)10-13-22(14-11-20(2)8-5-17(25)26)15-12-21(3)9-6-18(27)28/h4-15H2,1-3H3,(H,23,24)(H,25,26)(H,27,28). The summed E-state index contributed by atoms with van der Waals surface area (Å²) in [6.45, 7) is 5.92. The first kappa shape index (κ1) is 26.2. The number of hydrogen-bond acceptors (Lipinski definition) is 7. The zero-order chi connectivity index (χ0) is 21.5. The van der Waals surface area contributed by atoms with E-state index in [1.807, 2.05) is 35.8 Å². The molecule has 0 fully saturated rings. The Kier molecular flexibility index (Phi) is 14.3. The minimum atomic E-state index is -0.816. The molecule has 0 aromatic rings. The van der Waals surface area contributed by atoms with Gasteiger partial charge < -0.3 is 30.0 Å². The molecule has 0 amide bonds. The predicted octanol–water partition coefficient (Wildman–Crippen LogP) is -0.492. The van der Waals surface area contributed by atoms with Crippen LogP contribution in [-0.2, 0) is 14.4 Å². The van der Waals surface area contributed by atoms with Gasteiger partial charge in [-0.15, -0.1) is 0 Å². The summed E-state index contributed by atoms with van der Waals surface area (Å²) in [6.07, 6.45) is 0.311. The topological polar surface area (TPSA) is 125 Å². The second-order valence-corrected chi connectivity index (χ2v) is 7.18. The van der Waals surface area contributed by atoms with Crippen LogP contribution < -0.4 is 0 Å². The number of rotatable bonds is 18. The molecule has 3 N–H and O–H groups in total. The van der Waals surface area contributed by atoms with Gasteiger partial charge in [0, 0.05) is 58.9 Å². The van der Waals surface area contributed by atoms with Gasteiger partial charge in [0.25, 0.3) is 0 Å². The molecule has 0 bridgehead atoms. The highest BCUT2D eigenvalue weighted by Crippen LogP contribution is 1.97. The summed E-state index contributed by atoms with van der Waals surface area (Å²) in [5, 5.41) is 26.3. The lowest BCUT2D eigenvalue weighted by atomic mass is 10.3. The summed E-state index contributed by atoms with van der Waals surface area (Å²) in [6, 6.07) is 0. The molecule has 0 radical (unpaired) electrons. The summed E-state index contributed by atoms with van der Waals surface area (Å²) < 4.78 is 0. The Morgan fingerprint density at radius 3 is 0.964 bits per heavy atom. The van der Waals surface area contributed by atoms with Crippen LogP contribution in [0.5, 0.6) is 0 Å². The van der Waals surface area contributed by atoms with Gasteiger partial charge in [0.2, 0.25) is 0 Å². The van der Waals surface area contributed by atoms with Crippen molar-refractivity contribution in [2.75, 3.05) is 80.0 Å². The summed E-state index contributed by atoms with van der Waals surface area (Å²) in [7, 11) is 5.66. The van der Waals surface area contributed by atoms with Crippen LogP contribution in [0.4, 0.5) is 0 Å². The maximum absolute atomic E-state index is 10.7. The highest BCUT2D eigenvalue weighted by Gasteiger charge is 2.11. The third-order valence-electron chi connectivity index (χ3n) is 4.52. The van der Waals surface area contributed by atoms with E-state index in [0.29, 0.717) is 19.6 Å². The molecule has 0 aliphatic heterocycles. The number of aliphatic carboxylic acids is 3. The molecule has 0 unspecified atom stereocenters. The van der Waals surface area contributed by atoms with Crippen molar-refractivity contribution in [2.24, 2.45) is 0 Å². The van der Waals surface area contributed by atoms with Crippen molar-refractivity contribution in [1.29, 1.82) is 0 Å². The zero-order valence-corrected chi connectivity index (χ0v) is 17.3. The van der Waals surface area contributed by atoms with E-state index in [1.165, 1.54) is 0 Å². The molecule has 28 heavy (non-hydrogen) atoms. The Balaban J connectivity index is 4.44. The second-order valence-electron chi connectivity index (χ2n) is 7.18. The first-order chi connectivity index (χ1) is 13.1. The lowest BCUT2D eigenvalue weighted by Crippen LogP contribution is -2.42. The maximum Gasteiger partial charge on any atom is 0.304 e. The molecule has 0 saturated heterocycles. The third kappa shape index (κ3) is 16.4. The van der Waals surface area contributed by atoms with E-state index in [0.717, 1.165) is 39.3 Å². The molecule has 0 aromatic carbocycles. The molecule has 0 aromatic heterocycles. The van der Waals surface area contributed by atoms with Crippen LogP contribution >= 0.6 is 0 Å². The van der Waals surface area contributed by atoms with Crippen molar-refractivity contribution in [1.82, 2.24) is 19.6 Å².